The Bertz CT molecular complexity index is 2410. The average molecular weight is 1180 g/mol. The minimum Gasteiger partial charge on any atom is -0.508 e. The van der Waals surface area contributed by atoms with E-state index in [9.17, 15) is 73.2 Å². The first-order valence-electron chi connectivity index (χ1n) is 29.9. The molecule has 3 saturated heterocycles. The Hall–Kier alpha value is -6.93. The van der Waals surface area contributed by atoms with Gasteiger partial charge in [0, 0.05) is 32.0 Å². The number of carbonyl (C=O) groups is 11. The summed E-state index contributed by atoms with van der Waals surface area (Å²) in [5.41, 5.74) is 0.444. The van der Waals surface area contributed by atoms with Crippen LogP contribution in [0.25, 0.3) is 0 Å². The van der Waals surface area contributed by atoms with Crippen molar-refractivity contribution < 1.29 is 73.2 Å². The number of carbonyl (C=O) groups excluding carboxylic acids is 11. The molecule has 4 rings (SSSR count). The van der Waals surface area contributed by atoms with Crippen LogP contribution < -0.4 is 47.9 Å². The fourth-order valence-electron chi connectivity index (χ4n) is 10.6. The zero-order valence-electron chi connectivity index (χ0n) is 49.8. The minimum absolute atomic E-state index is 0.0330. The van der Waals surface area contributed by atoms with Crippen molar-refractivity contribution in [2.45, 2.75) is 205 Å². The van der Waals surface area contributed by atoms with E-state index in [1.807, 2.05) is 13.8 Å². The van der Waals surface area contributed by atoms with Gasteiger partial charge < -0.3 is 78.1 Å². The van der Waals surface area contributed by atoms with Gasteiger partial charge in [-0.1, -0.05) is 106 Å². The number of benzene rings is 1. The summed E-state index contributed by atoms with van der Waals surface area (Å²) in [6.45, 7) is 9.49. The molecule has 0 spiro atoms. The molecule has 26 nitrogen and oxygen atoms in total. The summed E-state index contributed by atoms with van der Waals surface area (Å²) in [5, 5.41) is 64.8. The Labute approximate surface area is 492 Å². The standard InChI is InChI=1S/C58H93N11O15/c1-8-11-12-13-14-17-37-28-46(74)61-41(30-70)52(78)65-43(32-72)57(83)68-24-16-19-45(68)55(81)64-42(31-71)53(79)63-40(27-36-20-22-38(73)23-21-36)50(76)62-39(26-33(4)5)51(77)66-48(34(6)9-2)56(82)67-49(35(7)10-3)58(84)69-25-15-18-44(69)54(80)59-29-47(75)60-37/h20-23,33-35,37,39-45,48-49,70-73H,8-19,24-32H2,1-7H3,(H,59,80)(H,60,75)(H,61,74)(H,62,76)(H,63,79)(H,64,81)(H,65,78)(H,66,77)(H,67,82). The summed E-state index contributed by atoms with van der Waals surface area (Å²) in [5.74, 6) is -10.2. The third kappa shape index (κ3) is 20.7. The second-order valence-electron chi connectivity index (χ2n) is 22.9. The summed E-state index contributed by atoms with van der Waals surface area (Å²) in [6, 6.07) is -7.64. The highest BCUT2D eigenvalue weighted by Crippen LogP contribution is 2.24. The lowest BCUT2D eigenvalue weighted by Gasteiger charge is -2.33. The minimum atomic E-state index is -1.71. The van der Waals surface area contributed by atoms with Crippen LogP contribution in [-0.4, -0.2) is 195 Å². The third-order valence-electron chi connectivity index (χ3n) is 15.9. The highest BCUT2D eigenvalue weighted by molar-refractivity contribution is 5.99. The van der Waals surface area contributed by atoms with Crippen molar-refractivity contribution in [1.82, 2.24) is 57.7 Å². The highest BCUT2D eigenvalue weighted by Gasteiger charge is 2.43. The number of unbranched alkanes of at least 4 members (excludes halogenated alkanes) is 4. The van der Waals surface area contributed by atoms with Crippen molar-refractivity contribution in [1.29, 1.82) is 0 Å². The number of aliphatic hydroxyl groups excluding tert-OH is 3. The second kappa shape index (κ2) is 34.7. The van der Waals surface area contributed by atoms with Crippen molar-refractivity contribution in [2.75, 3.05) is 39.5 Å². The zero-order chi connectivity index (χ0) is 62.2. The van der Waals surface area contributed by atoms with Gasteiger partial charge in [0.15, 0.2) is 0 Å². The van der Waals surface area contributed by atoms with Crippen molar-refractivity contribution >= 4 is 65.0 Å². The van der Waals surface area contributed by atoms with E-state index in [1.54, 1.807) is 27.7 Å². The van der Waals surface area contributed by atoms with E-state index in [-0.39, 0.29) is 63.3 Å². The van der Waals surface area contributed by atoms with E-state index in [0.717, 1.165) is 30.6 Å². The summed E-state index contributed by atoms with van der Waals surface area (Å²) >= 11 is 0. The van der Waals surface area contributed by atoms with Gasteiger partial charge in [-0.15, -0.1) is 0 Å². The molecule has 3 aliphatic rings. The Morgan fingerprint density at radius 3 is 1.60 bits per heavy atom. The van der Waals surface area contributed by atoms with Crippen LogP contribution in [0, 0.1) is 17.8 Å². The molecule has 1 aromatic carbocycles. The van der Waals surface area contributed by atoms with E-state index in [4.69, 9.17) is 0 Å². The van der Waals surface area contributed by atoms with Gasteiger partial charge >= 0.3 is 0 Å². The lowest BCUT2D eigenvalue weighted by atomic mass is 9.93. The maximum absolute atomic E-state index is 14.6. The second-order valence-corrected chi connectivity index (χ2v) is 22.9. The van der Waals surface area contributed by atoms with Crippen LogP contribution in [0.4, 0.5) is 0 Å². The fourth-order valence-corrected chi connectivity index (χ4v) is 10.6. The van der Waals surface area contributed by atoms with Crippen molar-refractivity contribution in [3.63, 3.8) is 0 Å². The molecule has 0 aromatic heterocycles. The molecular weight excluding hydrogens is 1090 g/mol. The van der Waals surface area contributed by atoms with E-state index < -0.39 is 164 Å². The number of amides is 11. The van der Waals surface area contributed by atoms with Crippen LogP contribution in [0.3, 0.4) is 0 Å². The highest BCUT2D eigenvalue weighted by atomic mass is 16.3. The Morgan fingerprint density at radius 2 is 1.01 bits per heavy atom. The summed E-state index contributed by atoms with van der Waals surface area (Å²) in [6.07, 6.45) is 5.83. The number of aromatic hydroxyl groups is 1. The van der Waals surface area contributed by atoms with Crippen LogP contribution >= 0.6 is 0 Å². The van der Waals surface area contributed by atoms with Gasteiger partial charge in [-0.3, -0.25) is 52.7 Å². The first-order chi connectivity index (χ1) is 40.0. The van der Waals surface area contributed by atoms with Gasteiger partial charge in [-0.2, -0.15) is 0 Å². The quantitative estimate of drug-likeness (QED) is 0.0815. The predicted octanol–water partition coefficient (Wildman–Crippen LogP) is -1.21. The molecule has 3 heterocycles. The molecule has 0 bridgehead atoms. The smallest absolute Gasteiger partial charge is 0.248 e. The number of nitrogens with zero attached hydrogens (tertiary/aromatic N) is 2. The van der Waals surface area contributed by atoms with Crippen molar-refractivity contribution in [3.05, 3.63) is 29.8 Å². The number of fused-ring (bicyclic) bond motifs is 2. The predicted molar refractivity (Wildman–Crippen MR) is 307 cm³/mol. The molecule has 0 aliphatic carbocycles. The molecule has 3 fully saturated rings. The van der Waals surface area contributed by atoms with Crippen LogP contribution in [0.2, 0.25) is 0 Å². The van der Waals surface area contributed by atoms with Crippen LogP contribution in [0.5, 0.6) is 5.75 Å². The lowest BCUT2D eigenvalue weighted by molar-refractivity contribution is -0.143. The van der Waals surface area contributed by atoms with E-state index in [0.29, 0.717) is 37.7 Å². The summed E-state index contributed by atoms with van der Waals surface area (Å²) in [4.78, 5) is 157. The Balaban J connectivity index is 1.74. The maximum Gasteiger partial charge on any atom is 0.248 e. The first kappa shape index (κ1) is 69.6. The van der Waals surface area contributed by atoms with Gasteiger partial charge in [0.25, 0.3) is 0 Å². The molecule has 470 valence electrons. The number of aliphatic hydroxyl groups is 3. The van der Waals surface area contributed by atoms with E-state index in [2.05, 4.69) is 54.8 Å². The van der Waals surface area contributed by atoms with Crippen molar-refractivity contribution in [3.8, 4) is 5.75 Å². The van der Waals surface area contributed by atoms with Gasteiger partial charge in [-0.05, 0) is 74.0 Å². The van der Waals surface area contributed by atoms with E-state index in [1.165, 1.54) is 29.2 Å². The monoisotopic (exact) mass is 1180 g/mol. The number of phenols is 1. The lowest BCUT2D eigenvalue weighted by Crippen LogP contribution is -2.62. The van der Waals surface area contributed by atoms with Crippen molar-refractivity contribution in [2.24, 2.45) is 17.8 Å². The molecule has 0 saturated carbocycles. The Kier molecular flexibility index (Phi) is 28.8. The molecule has 13 N–H and O–H groups in total. The molecule has 0 radical (unpaired) electrons. The van der Waals surface area contributed by atoms with Crippen LogP contribution in [0.15, 0.2) is 24.3 Å². The third-order valence-corrected chi connectivity index (χ3v) is 15.9. The molecule has 12 unspecified atom stereocenters. The van der Waals surface area contributed by atoms with E-state index >= 15 is 0 Å². The molecular formula is C58H93N11O15. The number of nitrogens with one attached hydrogen (secondary N) is 9. The summed E-state index contributed by atoms with van der Waals surface area (Å²) in [7, 11) is 0. The van der Waals surface area contributed by atoms with Gasteiger partial charge in [0.1, 0.15) is 60.1 Å². The number of rotatable bonds is 17. The molecule has 84 heavy (non-hydrogen) atoms. The Morgan fingerprint density at radius 1 is 0.512 bits per heavy atom. The molecule has 26 heteroatoms. The molecule has 12 atom stereocenters. The number of hydrogen-bond donors (Lipinski definition) is 13. The SMILES string of the molecule is CCCCCCCC1CC(=O)NC(CO)C(=O)NC(CO)C(=O)N2CCCC2C(=O)NC(CO)C(=O)NC(Cc2ccc(O)cc2)C(=O)NC(CC(C)C)C(=O)NC(C(C)CC)C(=O)NC(C(C)CC)C(=O)N2CCCC2C(=O)NCC(=O)N1. The molecule has 3 aliphatic heterocycles. The summed E-state index contributed by atoms with van der Waals surface area (Å²) < 4.78 is 0. The van der Waals surface area contributed by atoms with Crippen LogP contribution in [0.1, 0.15) is 144 Å². The number of hydrogen-bond acceptors (Lipinski definition) is 15. The van der Waals surface area contributed by atoms with Gasteiger partial charge in [-0.25, -0.2) is 0 Å². The average Bonchev–Trinajstić information content (AvgIpc) is 3.87. The zero-order valence-corrected chi connectivity index (χ0v) is 49.8. The normalized spacial score (nSPS) is 27.3. The molecule has 11 amide bonds. The van der Waals surface area contributed by atoms with Gasteiger partial charge in [0.2, 0.25) is 65.0 Å². The number of phenolic OH excluding ortho intramolecular Hbond substituents is 1. The van der Waals surface area contributed by atoms with Gasteiger partial charge in [0.05, 0.1) is 26.4 Å². The molecule has 1 aromatic rings. The van der Waals surface area contributed by atoms with Crippen LogP contribution in [-0.2, 0) is 59.2 Å². The first-order valence-corrected chi connectivity index (χ1v) is 29.9. The topological polar surface area (TPSA) is 383 Å². The largest absolute Gasteiger partial charge is 0.508 e. The maximum atomic E-state index is 14.6. The fraction of sp³-hybridized carbons (Fsp3) is 0.707.